The van der Waals surface area contributed by atoms with Crippen molar-refractivity contribution in [3.8, 4) is 11.5 Å². The highest BCUT2D eigenvalue weighted by Crippen LogP contribution is 2.25. The molecule has 2 aromatic rings. The van der Waals surface area contributed by atoms with Gasteiger partial charge in [-0.05, 0) is 55.6 Å². The number of alkyl halides is 4. The largest absolute Gasteiger partial charge is 0.573 e. The van der Waals surface area contributed by atoms with Gasteiger partial charge in [0.15, 0.2) is 0 Å². The van der Waals surface area contributed by atoms with Crippen molar-refractivity contribution in [2.75, 3.05) is 34.1 Å². The number of aryl methyl sites for hydroxylation is 2. The van der Waals surface area contributed by atoms with Gasteiger partial charge in [-0.1, -0.05) is 30.3 Å². The summed E-state index contributed by atoms with van der Waals surface area (Å²) >= 11 is 0. The van der Waals surface area contributed by atoms with Crippen molar-refractivity contribution in [1.82, 2.24) is 4.90 Å². The third-order valence-corrected chi connectivity index (χ3v) is 4.58. The Morgan fingerprint density at radius 2 is 1.80 bits per heavy atom. The van der Waals surface area contributed by atoms with Crippen molar-refractivity contribution in [2.45, 2.75) is 31.7 Å². The molecule has 0 aliphatic carbocycles. The molecule has 1 atom stereocenters. The molecule has 0 radical (unpaired) electrons. The molecule has 2 rings (SSSR count). The second-order valence-electron chi connectivity index (χ2n) is 6.96. The minimum Gasteiger partial charge on any atom is -0.491 e. The van der Waals surface area contributed by atoms with Gasteiger partial charge >= 0.3 is 6.36 Å². The topological polar surface area (TPSA) is 30.9 Å². The molecule has 0 saturated carbocycles. The number of hydrogen-bond donors (Lipinski definition) is 0. The third-order valence-electron chi connectivity index (χ3n) is 4.58. The third kappa shape index (κ3) is 8.59. The first-order valence-corrected chi connectivity index (χ1v) is 9.63. The van der Waals surface area contributed by atoms with Crippen LogP contribution in [0.5, 0.6) is 11.5 Å². The fourth-order valence-electron chi connectivity index (χ4n) is 2.90. The van der Waals surface area contributed by atoms with Crippen LogP contribution in [0.3, 0.4) is 0 Å². The maximum atomic E-state index is 12.6. The summed E-state index contributed by atoms with van der Waals surface area (Å²) in [5, 5.41) is 0. The molecule has 0 aliphatic rings. The zero-order chi connectivity index (χ0) is 22.0. The Hall–Kier alpha value is -2.32. The van der Waals surface area contributed by atoms with Crippen LogP contribution in [0.1, 0.15) is 17.5 Å². The number of hydrogen-bond acceptors (Lipinski definition) is 4. The van der Waals surface area contributed by atoms with E-state index < -0.39 is 13.2 Å². The fourth-order valence-corrected chi connectivity index (χ4v) is 2.90. The summed E-state index contributed by atoms with van der Waals surface area (Å²) < 4.78 is 65.1. The Kier molecular flexibility index (Phi) is 9.39. The van der Waals surface area contributed by atoms with Crippen LogP contribution in [0.2, 0.25) is 0 Å². The average molecular weight is 429 g/mol. The highest BCUT2D eigenvalue weighted by atomic mass is 19.4. The molecule has 0 spiro atoms. The van der Waals surface area contributed by atoms with Gasteiger partial charge in [-0.25, -0.2) is 4.39 Å². The summed E-state index contributed by atoms with van der Waals surface area (Å²) in [6.07, 6.45) is -3.14. The van der Waals surface area contributed by atoms with Gasteiger partial charge in [0.2, 0.25) is 0 Å². The molecule has 8 heteroatoms. The number of halogens is 4. The second-order valence-corrected chi connectivity index (χ2v) is 6.96. The van der Waals surface area contributed by atoms with Crippen molar-refractivity contribution in [2.24, 2.45) is 0 Å². The highest BCUT2D eigenvalue weighted by Gasteiger charge is 2.31. The monoisotopic (exact) mass is 429 g/mol. The van der Waals surface area contributed by atoms with Crippen molar-refractivity contribution in [3.63, 3.8) is 0 Å². The highest BCUT2D eigenvalue weighted by molar-refractivity contribution is 5.35. The minimum atomic E-state index is -4.71. The second kappa shape index (κ2) is 11.8. The molecule has 0 amide bonds. The maximum Gasteiger partial charge on any atom is 0.573 e. The molecular formula is C22H27F4NO3. The molecular weight excluding hydrogens is 402 g/mol. The van der Waals surface area contributed by atoms with Crippen LogP contribution in [0.15, 0.2) is 48.5 Å². The lowest BCUT2D eigenvalue weighted by molar-refractivity contribution is -0.274. The number of ether oxygens (including phenoxy) is 3. The lowest BCUT2D eigenvalue weighted by atomic mass is 10.0. The molecule has 166 valence electrons. The summed E-state index contributed by atoms with van der Waals surface area (Å²) in [5.41, 5.74) is 1.67. The summed E-state index contributed by atoms with van der Waals surface area (Å²) in [5.74, 6) is 0.465. The van der Waals surface area contributed by atoms with Crippen LogP contribution in [0.25, 0.3) is 0 Å². The van der Waals surface area contributed by atoms with Gasteiger partial charge in [0.25, 0.3) is 0 Å². The molecule has 2 aromatic carbocycles. The Morgan fingerprint density at radius 3 is 2.50 bits per heavy atom. The molecule has 0 aromatic heterocycles. The normalized spacial score (nSPS) is 12.8. The average Bonchev–Trinajstić information content (AvgIpc) is 2.71. The van der Waals surface area contributed by atoms with Crippen molar-refractivity contribution in [3.05, 3.63) is 59.7 Å². The van der Waals surface area contributed by atoms with Crippen molar-refractivity contribution in [1.29, 1.82) is 0 Å². The van der Waals surface area contributed by atoms with Gasteiger partial charge in [0.1, 0.15) is 24.9 Å². The van der Waals surface area contributed by atoms with Gasteiger partial charge in [-0.15, -0.1) is 13.2 Å². The fraction of sp³-hybridized carbons (Fsp3) is 0.455. The zero-order valence-electron chi connectivity index (χ0n) is 17.1. The van der Waals surface area contributed by atoms with Crippen LogP contribution in [0, 0.1) is 0 Å². The van der Waals surface area contributed by atoms with E-state index in [2.05, 4.69) is 4.74 Å². The molecule has 4 nitrogen and oxygen atoms in total. The predicted molar refractivity (Wildman–Crippen MR) is 106 cm³/mol. The molecule has 30 heavy (non-hydrogen) atoms. The van der Waals surface area contributed by atoms with Gasteiger partial charge in [-0.2, -0.15) is 0 Å². The van der Waals surface area contributed by atoms with E-state index in [-0.39, 0.29) is 11.9 Å². The summed E-state index contributed by atoms with van der Waals surface area (Å²) in [4.78, 5) is 1.55. The first-order valence-electron chi connectivity index (χ1n) is 9.63. The maximum absolute atomic E-state index is 12.6. The van der Waals surface area contributed by atoms with Crippen LogP contribution in [0.4, 0.5) is 17.6 Å². The van der Waals surface area contributed by atoms with Crippen LogP contribution in [-0.2, 0) is 17.6 Å². The lowest BCUT2D eigenvalue weighted by Gasteiger charge is -2.20. The van der Waals surface area contributed by atoms with Crippen LogP contribution in [-0.4, -0.2) is 51.5 Å². The first-order chi connectivity index (χ1) is 14.3. The lowest BCUT2D eigenvalue weighted by Crippen LogP contribution is -2.27. The van der Waals surface area contributed by atoms with E-state index in [1.807, 2.05) is 24.3 Å². The summed E-state index contributed by atoms with van der Waals surface area (Å²) in [7, 11) is 3.28. The van der Waals surface area contributed by atoms with E-state index in [4.69, 9.17) is 9.47 Å². The van der Waals surface area contributed by atoms with E-state index in [1.54, 1.807) is 25.1 Å². The predicted octanol–water partition coefficient (Wildman–Crippen LogP) is 5.01. The summed E-state index contributed by atoms with van der Waals surface area (Å²) in [6.45, 7) is 0.355. The van der Waals surface area contributed by atoms with Crippen LogP contribution >= 0.6 is 0 Å². The van der Waals surface area contributed by atoms with Gasteiger partial charge in [0, 0.05) is 13.7 Å². The number of nitrogens with zero attached hydrogens (tertiary/aromatic N) is 1. The number of benzene rings is 2. The van der Waals surface area contributed by atoms with E-state index in [9.17, 15) is 17.6 Å². The zero-order valence-corrected chi connectivity index (χ0v) is 17.1. The molecule has 0 N–H and O–H groups in total. The molecule has 0 unspecified atom stereocenters. The number of methoxy groups -OCH3 is 1. The van der Waals surface area contributed by atoms with Gasteiger partial charge in [-0.3, -0.25) is 4.90 Å². The molecule has 0 saturated heterocycles. The Bertz CT molecular complexity index is 770. The number of para-hydroxylation sites is 1. The van der Waals surface area contributed by atoms with Crippen molar-refractivity contribution < 1.29 is 31.8 Å². The SMILES string of the molecule is CO[C@@H](CCN(C)CF)COc1ccccc1CCc1cccc(OC(F)(F)F)c1. The molecule has 0 aliphatic heterocycles. The molecule has 0 heterocycles. The van der Waals surface area contributed by atoms with E-state index in [1.165, 1.54) is 18.2 Å². The Balaban J connectivity index is 1.94. The summed E-state index contributed by atoms with van der Waals surface area (Å²) in [6, 6.07) is 13.5. The van der Waals surface area contributed by atoms with Gasteiger partial charge < -0.3 is 14.2 Å². The minimum absolute atomic E-state index is 0.178. The quantitative estimate of drug-likeness (QED) is 0.351. The Labute approximate surface area is 174 Å². The van der Waals surface area contributed by atoms with E-state index in [0.717, 1.165) is 11.1 Å². The molecule has 0 bridgehead atoms. The van der Waals surface area contributed by atoms with E-state index in [0.29, 0.717) is 38.2 Å². The van der Waals surface area contributed by atoms with Gasteiger partial charge in [0.05, 0.1) is 6.10 Å². The van der Waals surface area contributed by atoms with Crippen molar-refractivity contribution >= 4 is 0 Å². The molecule has 0 fully saturated rings. The smallest absolute Gasteiger partial charge is 0.491 e. The number of rotatable bonds is 12. The Morgan fingerprint density at radius 1 is 1.03 bits per heavy atom. The van der Waals surface area contributed by atoms with Crippen LogP contribution < -0.4 is 9.47 Å². The first kappa shape index (κ1) is 24.0. The van der Waals surface area contributed by atoms with E-state index >= 15 is 0 Å². The standard InChI is InChI=1S/C22H27F4NO3/c1-27(16-23)13-12-20(28-2)15-29-21-9-4-3-7-18(21)11-10-17-6-5-8-19(14-17)30-22(24,25)26/h3-9,14,20H,10-13,15-16H2,1-2H3/t20-/m0/s1.